The van der Waals surface area contributed by atoms with Crippen LogP contribution >= 0.6 is 0 Å². The second-order valence-electron chi connectivity index (χ2n) is 4.37. The molecule has 1 saturated heterocycles. The molecule has 0 amide bonds. The van der Waals surface area contributed by atoms with Crippen LogP contribution in [-0.2, 0) is 14.3 Å². The molecule has 100 valence electrons. The third-order valence-corrected chi connectivity index (χ3v) is 2.71. The fourth-order valence-electron chi connectivity index (χ4n) is 1.80. The quantitative estimate of drug-likeness (QED) is 0.709. The van der Waals surface area contributed by atoms with Crippen LogP contribution in [0.1, 0.15) is 33.6 Å². The Balaban J connectivity index is 0.000000770. The average Bonchev–Trinajstić information content (AvgIpc) is 2.78. The Morgan fingerprint density at radius 2 is 2.18 bits per heavy atom. The summed E-state index contributed by atoms with van der Waals surface area (Å²) in [5.74, 6) is 0.676. The van der Waals surface area contributed by atoms with E-state index in [0.717, 1.165) is 19.6 Å². The molecule has 2 atom stereocenters. The lowest BCUT2D eigenvalue weighted by Gasteiger charge is -2.23. The molecule has 0 saturated carbocycles. The summed E-state index contributed by atoms with van der Waals surface area (Å²) in [5.41, 5.74) is 0. The summed E-state index contributed by atoms with van der Waals surface area (Å²) in [6.07, 6.45) is 1.64. The number of rotatable bonds is 5. The number of nitrogens with one attached hydrogen (secondary N) is 1. The first-order chi connectivity index (χ1) is 8.06. The molecule has 2 unspecified atom stereocenters. The van der Waals surface area contributed by atoms with Crippen molar-refractivity contribution < 1.29 is 19.4 Å². The lowest BCUT2D eigenvalue weighted by Crippen LogP contribution is -2.46. The van der Waals surface area contributed by atoms with Gasteiger partial charge < -0.3 is 15.2 Å². The van der Waals surface area contributed by atoms with Crippen molar-refractivity contribution in [3.63, 3.8) is 0 Å². The molecule has 5 heteroatoms. The number of Topliss-reactive ketones (excluding diaryl/α,β-unsaturated/α-hetero) is 1. The van der Waals surface area contributed by atoms with E-state index < -0.39 is 0 Å². The van der Waals surface area contributed by atoms with Gasteiger partial charge in [0.2, 0.25) is 0 Å². The van der Waals surface area contributed by atoms with E-state index in [4.69, 9.17) is 14.6 Å². The topological polar surface area (TPSA) is 75.6 Å². The van der Waals surface area contributed by atoms with Crippen molar-refractivity contribution in [2.75, 3.05) is 13.2 Å². The van der Waals surface area contributed by atoms with E-state index >= 15 is 0 Å². The lowest BCUT2D eigenvalue weighted by molar-refractivity contribution is -0.123. The van der Waals surface area contributed by atoms with Gasteiger partial charge in [0.25, 0.3) is 6.47 Å². The zero-order valence-electron chi connectivity index (χ0n) is 10.8. The zero-order chi connectivity index (χ0) is 13.3. The molecule has 17 heavy (non-hydrogen) atoms. The largest absolute Gasteiger partial charge is 0.483 e. The Morgan fingerprint density at radius 1 is 1.59 bits per heavy atom. The lowest BCUT2D eigenvalue weighted by atomic mass is 9.97. The van der Waals surface area contributed by atoms with Crippen molar-refractivity contribution in [2.24, 2.45) is 5.92 Å². The summed E-state index contributed by atoms with van der Waals surface area (Å²) in [5, 5.41) is 10.3. The molecule has 5 nitrogen and oxygen atoms in total. The van der Waals surface area contributed by atoms with Crippen molar-refractivity contribution in [2.45, 2.75) is 45.7 Å². The van der Waals surface area contributed by atoms with Crippen molar-refractivity contribution in [3.05, 3.63) is 0 Å². The number of hydrogen-bond acceptors (Lipinski definition) is 4. The molecule has 0 aromatic heterocycles. The highest BCUT2D eigenvalue weighted by Crippen LogP contribution is 2.10. The van der Waals surface area contributed by atoms with E-state index in [1.807, 2.05) is 6.92 Å². The van der Waals surface area contributed by atoms with E-state index in [1.165, 1.54) is 0 Å². The molecule has 0 radical (unpaired) electrons. The molecule has 1 aliphatic rings. The van der Waals surface area contributed by atoms with E-state index in [2.05, 4.69) is 19.2 Å². The fourth-order valence-corrected chi connectivity index (χ4v) is 1.80. The molecule has 1 rings (SSSR count). The van der Waals surface area contributed by atoms with Crippen LogP contribution in [0.25, 0.3) is 0 Å². The summed E-state index contributed by atoms with van der Waals surface area (Å²) < 4.78 is 5.28. The minimum Gasteiger partial charge on any atom is -0.483 e. The number of ketones is 1. The van der Waals surface area contributed by atoms with Gasteiger partial charge in [-0.15, -0.1) is 0 Å². The first kappa shape index (κ1) is 16.1. The number of hydrogen-bond donors (Lipinski definition) is 2. The predicted octanol–water partition coefficient (Wildman–Crippen LogP) is 1.07. The maximum Gasteiger partial charge on any atom is 0.290 e. The highest BCUT2D eigenvalue weighted by molar-refractivity contribution is 5.84. The molecule has 1 heterocycles. The minimum absolute atomic E-state index is 0.00620. The summed E-state index contributed by atoms with van der Waals surface area (Å²) in [6, 6.07) is 0.379. The van der Waals surface area contributed by atoms with Crippen LogP contribution < -0.4 is 5.32 Å². The van der Waals surface area contributed by atoms with E-state index in [0.29, 0.717) is 24.2 Å². The minimum atomic E-state index is -0.250. The van der Waals surface area contributed by atoms with E-state index in [-0.39, 0.29) is 12.5 Å². The van der Waals surface area contributed by atoms with Gasteiger partial charge in [-0.05, 0) is 12.3 Å². The normalized spacial score (nSPS) is 20.6. The monoisotopic (exact) mass is 245 g/mol. The van der Waals surface area contributed by atoms with Crippen LogP contribution in [-0.4, -0.2) is 42.7 Å². The molecule has 0 spiro atoms. The maximum absolute atomic E-state index is 11.6. The van der Waals surface area contributed by atoms with Crippen molar-refractivity contribution in [3.8, 4) is 0 Å². The summed E-state index contributed by atoms with van der Waals surface area (Å²) in [7, 11) is 0. The van der Waals surface area contributed by atoms with E-state index in [9.17, 15) is 4.79 Å². The molecular weight excluding hydrogens is 222 g/mol. The predicted molar refractivity (Wildman–Crippen MR) is 65.0 cm³/mol. The van der Waals surface area contributed by atoms with Crippen molar-refractivity contribution in [1.29, 1.82) is 0 Å². The van der Waals surface area contributed by atoms with Crippen molar-refractivity contribution in [1.82, 2.24) is 5.32 Å². The summed E-state index contributed by atoms with van der Waals surface area (Å²) >= 11 is 0. The molecule has 0 aromatic rings. The Bertz CT molecular complexity index is 225. The third kappa shape index (κ3) is 6.38. The van der Waals surface area contributed by atoms with Gasteiger partial charge in [-0.2, -0.15) is 0 Å². The Labute approximate surface area is 103 Å². The van der Waals surface area contributed by atoms with Crippen molar-refractivity contribution >= 4 is 12.3 Å². The smallest absolute Gasteiger partial charge is 0.290 e. The van der Waals surface area contributed by atoms with Gasteiger partial charge >= 0.3 is 0 Å². The second-order valence-corrected chi connectivity index (χ2v) is 4.37. The molecule has 0 aliphatic carbocycles. The molecule has 0 aromatic carbocycles. The Morgan fingerprint density at radius 3 is 2.53 bits per heavy atom. The van der Waals surface area contributed by atoms with Gasteiger partial charge in [0.05, 0.1) is 12.6 Å². The highest BCUT2D eigenvalue weighted by atomic mass is 16.5. The van der Waals surface area contributed by atoms with Gasteiger partial charge in [0.15, 0.2) is 0 Å². The van der Waals surface area contributed by atoms with Crippen LogP contribution in [0.3, 0.4) is 0 Å². The number of carboxylic acid groups (broad SMARTS) is 1. The number of ether oxygens (including phenoxy) is 1. The summed E-state index contributed by atoms with van der Waals surface area (Å²) in [6.45, 7) is 7.41. The molecule has 2 N–H and O–H groups in total. The molecule has 1 fully saturated rings. The van der Waals surface area contributed by atoms with Crippen LogP contribution in [0.15, 0.2) is 0 Å². The van der Waals surface area contributed by atoms with Gasteiger partial charge in [-0.1, -0.05) is 20.8 Å². The first-order valence-electron chi connectivity index (χ1n) is 6.01. The van der Waals surface area contributed by atoms with Crippen LogP contribution in [0.4, 0.5) is 0 Å². The van der Waals surface area contributed by atoms with E-state index in [1.54, 1.807) is 0 Å². The number of carbonyl (C=O) groups excluding carboxylic acids is 1. The number of carbonyl (C=O) groups is 2. The average molecular weight is 245 g/mol. The standard InChI is InChI=1S/C11H21NO2.CH2O2/c1-4-10(13)11(8(2)3)12-9-5-6-14-7-9;2-1-3/h8-9,11-12H,4-7H2,1-3H3;1H,(H,2,3). The van der Waals surface area contributed by atoms with Gasteiger partial charge in [0.1, 0.15) is 5.78 Å². The highest BCUT2D eigenvalue weighted by Gasteiger charge is 2.25. The zero-order valence-corrected chi connectivity index (χ0v) is 10.8. The fraction of sp³-hybridized carbons (Fsp3) is 0.833. The SMILES string of the molecule is CCC(=O)C(NC1CCOC1)C(C)C.O=CO. The van der Waals surface area contributed by atoms with Gasteiger partial charge in [0, 0.05) is 19.1 Å². The van der Waals surface area contributed by atoms with Gasteiger partial charge in [-0.3, -0.25) is 9.59 Å². The van der Waals surface area contributed by atoms with Gasteiger partial charge in [-0.25, -0.2) is 0 Å². The summed E-state index contributed by atoms with van der Waals surface area (Å²) in [4.78, 5) is 20.0. The maximum atomic E-state index is 11.6. The van der Waals surface area contributed by atoms with Crippen LogP contribution in [0.2, 0.25) is 0 Å². The molecule has 1 aliphatic heterocycles. The molecule has 0 bridgehead atoms. The Kier molecular flexibility index (Phi) is 8.62. The molecular formula is C12H23NO4. The van der Waals surface area contributed by atoms with Crippen LogP contribution in [0, 0.1) is 5.92 Å². The van der Waals surface area contributed by atoms with Crippen LogP contribution in [0.5, 0.6) is 0 Å². The Hall–Kier alpha value is -0.940. The first-order valence-corrected chi connectivity index (χ1v) is 6.01. The second kappa shape index (κ2) is 9.13. The third-order valence-electron chi connectivity index (χ3n) is 2.71.